The maximum Gasteiger partial charge on any atom is 0.269 e. The van der Waals surface area contributed by atoms with Gasteiger partial charge in [0.05, 0.1) is 4.92 Å². The van der Waals surface area contributed by atoms with E-state index in [2.05, 4.69) is 5.10 Å². The van der Waals surface area contributed by atoms with Gasteiger partial charge in [-0.15, -0.1) is 0 Å². The van der Waals surface area contributed by atoms with Gasteiger partial charge in [-0.3, -0.25) is 15.5 Å². The minimum atomic E-state index is -0.498. The molecule has 0 saturated heterocycles. The number of hydrogen-bond donors (Lipinski definition) is 3. The van der Waals surface area contributed by atoms with Crippen LogP contribution in [-0.2, 0) is 6.42 Å². The summed E-state index contributed by atoms with van der Waals surface area (Å²) in [5.74, 6) is -0.700. The summed E-state index contributed by atoms with van der Waals surface area (Å²) in [5.41, 5.74) is 7.63. The second kappa shape index (κ2) is 6.85. The Bertz CT molecular complexity index is 998. The van der Waals surface area contributed by atoms with Crippen LogP contribution in [0.3, 0.4) is 0 Å². The van der Waals surface area contributed by atoms with Crippen LogP contribution in [0.25, 0.3) is 11.3 Å². The number of non-ortho nitro benzene ring substituents is 1. The lowest BCUT2D eigenvalue weighted by molar-refractivity contribution is -0.384. The molecule has 0 radical (unpaired) electrons. The standard InChI is InChI=1S/C17H14ClN5O3/c18-12-3-1-2-10(8-12)9-14-15(21-22(16(14)24)17(19)20)11-4-6-13(7-5-11)23(25)26/h1-8,24H,9H2,(H3,19,20). The number of nitrogens with zero attached hydrogens (tertiary/aromatic N) is 3. The minimum Gasteiger partial charge on any atom is -0.493 e. The van der Waals surface area contributed by atoms with E-state index < -0.39 is 10.9 Å². The minimum absolute atomic E-state index is 0.0552. The average molecular weight is 372 g/mol. The highest BCUT2D eigenvalue weighted by Gasteiger charge is 2.21. The van der Waals surface area contributed by atoms with Crippen LogP contribution in [0.5, 0.6) is 5.88 Å². The SMILES string of the molecule is N=C(N)n1nc(-c2ccc([N+](=O)[O-])cc2)c(Cc2cccc(Cl)c2)c1O. The number of benzene rings is 2. The number of aromatic hydroxyl groups is 1. The van der Waals surface area contributed by atoms with Gasteiger partial charge in [0.1, 0.15) is 5.69 Å². The molecule has 0 aliphatic rings. The lowest BCUT2D eigenvalue weighted by atomic mass is 10.0. The summed E-state index contributed by atoms with van der Waals surface area (Å²) >= 11 is 6.01. The third-order valence-electron chi connectivity index (χ3n) is 3.81. The van der Waals surface area contributed by atoms with E-state index in [1.807, 2.05) is 6.07 Å². The predicted octanol–water partition coefficient (Wildman–Crippen LogP) is 3.15. The maximum atomic E-state index is 10.8. The second-order valence-electron chi connectivity index (χ2n) is 5.56. The first-order chi connectivity index (χ1) is 12.4. The molecule has 132 valence electrons. The van der Waals surface area contributed by atoms with Crippen LogP contribution in [0.2, 0.25) is 5.02 Å². The summed E-state index contributed by atoms with van der Waals surface area (Å²) in [4.78, 5) is 10.3. The van der Waals surface area contributed by atoms with Gasteiger partial charge < -0.3 is 10.8 Å². The van der Waals surface area contributed by atoms with Crippen LogP contribution in [-0.4, -0.2) is 25.8 Å². The number of nitro benzene ring substituents is 1. The van der Waals surface area contributed by atoms with E-state index in [1.165, 1.54) is 24.3 Å². The Labute approximate surface area is 153 Å². The Hall–Kier alpha value is -3.39. The Balaban J connectivity index is 2.10. The molecule has 3 rings (SSSR count). The lowest BCUT2D eigenvalue weighted by Crippen LogP contribution is -2.21. The smallest absolute Gasteiger partial charge is 0.269 e. The van der Waals surface area contributed by atoms with Gasteiger partial charge in [-0.1, -0.05) is 23.7 Å². The first-order valence-electron chi connectivity index (χ1n) is 7.51. The normalized spacial score (nSPS) is 10.7. The van der Waals surface area contributed by atoms with Crippen molar-refractivity contribution in [2.75, 3.05) is 0 Å². The first kappa shape index (κ1) is 17.4. The van der Waals surface area contributed by atoms with Crippen LogP contribution in [0, 0.1) is 15.5 Å². The van der Waals surface area contributed by atoms with Crippen molar-refractivity contribution in [3.8, 4) is 17.1 Å². The molecule has 0 bridgehead atoms. The predicted molar refractivity (Wildman–Crippen MR) is 97.6 cm³/mol. The van der Waals surface area contributed by atoms with Gasteiger partial charge in [-0.05, 0) is 29.8 Å². The second-order valence-corrected chi connectivity index (χ2v) is 5.99. The summed E-state index contributed by atoms with van der Waals surface area (Å²) in [7, 11) is 0. The van der Waals surface area contributed by atoms with Crippen molar-refractivity contribution in [1.82, 2.24) is 9.78 Å². The third-order valence-corrected chi connectivity index (χ3v) is 4.04. The molecule has 0 unspecified atom stereocenters. The zero-order valence-corrected chi connectivity index (χ0v) is 14.1. The van der Waals surface area contributed by atoms with E-state index in [1.54, 1.807) is 18.2 Å². The van der Waals surface area contributed by atoms with E-state index in [-0.39, 0.29) is 11.6 Å². The van der Waals surface area contributed by atoms with Gasteiger partial charge in [0, 0.05) is 34.7 Å². The van der Waals surface area contributed by atoms with Gasteiger partial charge in [0.25, 0.3) is 5.69 Å². The number of halogens is 1. The molecular weight excluding hydrogens is 358 g/mol. The van der Waals surface area contributed by atoms with Crippen LogP contribution in [0.4, 0.5) is 5.69 Å². The molecule has 4 N–H and O–H groups in total. The van der Waals surface area contributed by atoms with Crippen molar-refractivity contribution in [1.29, 1.82) is 5.41 Å². The Kier molecular flexibility index (Phi) is 4.59. The molecule has 9 heteroatoms. The van der Waals surface area contributed by atoms with Crippen molar-refractivity contribution < 1.29 is 10.0 Å². The van der Waals surface area contributed by atoms with E-state index in [0.29, 0.717) is 28.3 Å². The number of aromatic nitrogens is 2. The average Bonchev–Trinajstić information content (AvgIpc) is 2.92. The molecule has 0 spiro atoms. The number of nitro groups is 1. The molecule has 0 aliphatic heterocycles. The molecule has 0 aliphatic carbocycles. The van der Waals surface area contributed by atoms with Gasteiger partial charge in [-0.25, -0.2) is 0 Å². The summed E-state index contributed by atoms with van der Waals surface area (Å²) in [6.45, 7) is 0. The van der Waals surface area contributed by atoms with E-state index >= 15 is 0 Å². The fourth-order valence-electron chi connectivity index (χ4n) is 2.60. The summed E-state index contributed by atoms with van der Waals surface area (Å²) in [5, 5.41) is 33.6. The van der Waals surface area contributed by atoms with Crippen LogP contribution >= 0.6 is 11.6 Å². The van der Waals surface area contributed by atoms with Crippen molar-refractivity contribution in [2.45, 2.75) is 6.42 Å². The fraction of sp³-hybridized carbons (Fsp3) is 0.0588. The number of nitrogens with two attached hydrogens (primary N) is 1. The van der Waals surface area contributed by atoms with Crippen LogP contribution in [0.15, 0.2) is 48.5 Å². The quantitative estimate of drug-likeness (QED) is 0.280. The topological polar surface area (TPSA) is 131 Å². The molecule has 0 atom stereocenters. The Morgan fingerprint density at radius 2 is 2.00 bits per heavy atom. The van der Waals surface area contributed by atoms with Crippen molar-refractivity contribution >= 4 is 23.2 Å². The Morgan fingerprint density at radius 1 is 1.31 bits per heavy atom. The highest BCUT2D eigenvalue weighted by Crippen LogP contribution is 2.32. The van der Waals surface area contributed by atoms with Crippen molar-refractivity contribution in [3.63, 3.8) is 0 Å². The zero-order chi connectivity index (χ0) is 18.8. The van der Waals surface area contributed by atoms with Gasteiger partial charge in [-0.2, -0.15) is 9.78 Å². The number of nitrogens with one attached hydrogen (secondary N) is 1. The highest BCUT2D eigenvalue weighted by atomic mass is 35.5. The molecule has 1 aromatic heterocycles. The summed E-state index contributed by atoms with van der Waals surface area (Å²) in [6, 6.07) is 12.9. The van der Waals surface area contributed by atoms with E-state index in [4.69, 9.17) is 22.7 Å². The van der Waals surface area contributed by atoms with Crippen molar-refractivity contribution in [2.24, 2.45) is 5.73 Å². The molecule has 0 fully saturated rings. The first-order valence-corrected chi connectivity index (χ1v) is 7.89. The number of nitrogen functional groups attached to an aromatic ring is 1. The van der Waals surface area contributed by atoms with E-state index in [9.17, 15) is 15.2 Å². The summed E-state index contributed by atoms with van der Waals surface area (Å²) < 4.78 is 0.913. The van der Waals surface area contributed by atoms with Crippen LogP contribution in [0.1, 0.15) is 11.1 Å². The van der Waals surface area contributed by atoms with E-state index in [0.717, 1.165) is 10.2 Å². The molecule has 8 nitrogen and oxygen atoms in total. The maximum absolute atomic E-state index is 10.8. The molecule has 3 aromatic rings. The molecule has 0 saturated carbocycles. The molecular formula is C17H14ClN5O3. The molecule has 2 aromatic carbocycles. The van der Waals surface area contributed by atoms with Crippen LogP contribution < -0.4 is 5.73 Å². The molecule has 0 amide bonds. The molecule has 26 heavy (non-hydrogen) atoms. The van der Waals surface area contributed by atoms with Gasteiger partial charge in [0.15, 0.2) is 0 Å². The van der Waals surface area contributed by atoms with Gasteiger partial charge >= 0.3 is 0 Å². The molecule has 1 heterocycles. The van der Waals surface area contributed by atoms with Gasteiger partial charge in [0.2, 0.25) is 11.8 Å². The summed E-state index contributed by atoms with van der Waals surface area (Å²) in [6.07, 6.45) is 0.298. The zero-order valence-electron chi connectivity index (χ0n) is 13.4. The largest absolute Gasteiger partial charge is 0.493 e. The highest BCUT2D eigenvalue weighted by molar-refractivity contribution is 6.30. The number of hydrogen-bond acceptors (Lipinski definition) is 5. The monoisotopic (exact) mass is 371 g/mol. The van der Waals surface area contributed by atoms with Crippen molar-refractivity contribution in [3.05, 3.63) is 74.8 Å². The fourth-order valence-corrected chi connectivity index (χ4v) is 2.81. The number of rotatable bonds is 4. The third kappa shape index (κ3) is 3.35. The Morgan fingerprint density at radius 3 is 2.58 bits per heavy atom. The lowest BCUT2D eigenvalue weighted by Gasteiger charge is -2.05.